The van der Waals surface area contributed by atoms with Gasteiger partial charge in [0.25, 0.3) is 11.7 Å². The molecule has 2 amide bonds. The number of para-hydroxylation sites is 2. The second kappa shape index (κ2) is 9.18. The van der Waals surface area contributed by atoms with Gasteiger partial charge in [-0.1, -0.05) is 36.4 Å². The lowest BCUT2D eigenvalue weighted by Crippen LogP contribution is -2.46. The van der Waals surface area contributed by atoms with Crippen molar-refractivity contribution in [3.63, 3.8) is 0 Å². The van der Waals surface area contributed by atoms with Crippen molar-refractivity contribution in [1.82, 2.24) is 14.7 Å². The number of hydrogen-bond acceptors (Lipinski definition) is 4. The number of carbonyl (C=O) groups is 3. The highest BCUT2D eigenvalue weighted by Crippen LogP contribution is 2.22. The predicted molar refractivity (Wildman–Crippen MR) is 122 cm³/mol. The number of aromatic nitrogens is 2. The maximum absolute atomic E-state index is 13.2. The van der Waals surface area contributed by atoms with Crippen LogP contribution in [0, 0.1) is 19.8 Å². The summed E-state index contributed by atoms with van der Waals surface area (Å²) in [5, 5.41) is 7.38. The zero-order chi connectivity index (χ0) is 22.7. The van der Waals surface area contributed by atoms with Crippen molar-refractivity contribution in [2.75, 3.05) is 18.4 Å². The molecule has 1 aliphatic rings. The summed E-state index contributed by atoms with van der Waals surface area (Å²) in [6.07, 6.45) is 1.35. The molecule has 4 rings (SSSR count). The number of ketones is 1. The summed E-state index contributed by atoms with van der Waals surface area (Å²) in [5.41, 5.74) is 3.02. The van der Waals surface area contributed by atoms with Crippen molar-refractivity contribution in [2.45, 2.75) is 26.7 Å². The van der Waals surface area contributed by atoms with E-state index in [-0.39, 0.29) is 18.4 Å². The molecule has 7 heteroatoms. The van der Waals surface area contributed by atoms with Gasteiger partial charge in [0.05, 0.1) is 28.6 Å². The van der Waals surface area contributed by atoms with Crippen molar-refractivity contribution >= 4 is 23.3 Å². The molecule has 0 spiro atoms. The molecule has 1 atom stereocenters. The Balaban J connectivity index is 1.49. The second-order valence-corrected chi connectivity index (χ2v) is 8.07. The summed E-state index contributed by atoms with van der Waals surface area (Å²) < 4.78 is 1.68. The zero-order valence-corrected chi connectivity index (χ0v) is 18.2. The Kier molecular flexibility index (Phi) is 6.16. The largest absolute Gasteiger partial charge is 0.335 e. The van der Waals surface area contributed by atoms with Gasteiger partial charge in [0.2, 0.25) is 5.91 Å². The number of piperidine rings is 1. The van der Waals surface area contributed by atoms with Crippen LogP contribution in [0.2, 0.25) is 0 Å². The first-order valence-electron chi connectivity index (χ1n) is 10.8. The summed E-state index contributed by atoms with van der Waals surface area (Å²) >= 11 is 0. The van der Waals surface area contributed by atoms with E-state index in [9.17, 15) is 14.4 Å². The highest BCUT2D eigenvalue weighted by molar-refractivity contribution is 6.43. The van der Waals surface area contributed by atoms with Gasteiger partial charge in [0.1, 0.15) is 0 Å². The number of likely N-dealkylation sites (tertiary alicyclic amines) is 1. The van der Waals surface area contributed by atoms with Crippen LogP contribution in [0.1, 0.15) is 34.6 Å². The highest BCUT2D eigenvalue weighted by Gasteiger charge is 2.34. The first-order chi connectivity index (χ1) is 15.5. The molecular formula is C25H26N4O3. The van der Waals surface area contributed by atoms with Crippen molar-refractivity contribution < 1.29 is 14.4 Å². The van der Waals surface area contributed by atoms with Crippen LogP contribution in [0.3, 0.4) is 0 Å². The fourth-order valence-corrected chi connectivity index (χ4v) is 4.18. The molecule has 2 heterocycles. The monoisotopic (exact) mass is 430 g/mol. The first kappa shape index (κ1) is 21.5. The van der Waals surface area contributed by atoms with Crippen LogP contribution in [0.5, 0.6) is 0 Å². The van der Waals surface area contributed by atoms with E-state index in [2.05, 4.69) is 10.4 Å². The summed E-state index contributed by atoms with van der Waals surface area (Å²) in [4.78, 5) is 40.4. The van der Waals surface area contributed by atoms with Crippen molar-refractivity contribution in [3.05, 3.63) is 77.6 Å². The number of Topliss-reactive ketones (excluding diaryl/α,β-unsaturated/α-hetero) is 1. The molecule has 1 aromatic heterocycles. The second-order valence-electron chi connectivity index (χ2n) is 8.07. The molecule has 1 aliphatic heterocycles. The molecule has 1 N–H and O–H groups in total. The van der Waals surface area contributed by atoms with Crippen molar-refractivity contribution in [2.24, 2.45) is 5.92 Å². The fraction of sp³-hybridized carbons (Fsp3) is 0.280. The van der Waals surface area contributed by atoms with E-state index in [4.69, 9.17) is 0 Å². The van der Waals surface area contributed by atoms with Crippen LogP contribution < -0.4 is 5.32 Å². The molecule has 0 bridgehead atoms. The summed E-state index contributed by atoms with van der Waals surface area (Å²) in [6, 6.07) is 18.7. The van der Waals surface area contributed by atoms with Gasteiger partial charge in [0.15, 0.2) is 0 Å². The van der Waals surface area contributed by atoms with Crippen LogP contribution in [-0.2, 0) is 9.59 Å². The molecule has 164 valence electrons. The lowest BCUT2D eigenvalue weighted by molar-refractivity contribution is -0.130. The molecular weight excluding hydrogens is 404 g/mol. The Morgan fingerprint density at radius 1 is 0.969 bits per heavy atom. The Labute approximate surface area is 187 Å². The fourth-order valence-electron chi connectivity index (χ4n) is 4.18. The van der Waals surface area contributed by atoms with Crippen LogP contribution in [0.15, 0.2) is 60.7 Å². The lowest BCUT2D eigenvalue weighted by Gasteiger charge is -2.31. The van der Waals surface area contributed by atoms with E-state index in [0.29, 0.717) is 36.3 Å². The van der Waals surface area contributed by atoms with E-state index in [1.807, 2.05) is 60.7 Å². The third-order valence-electron chi connectivity index (χ3n) is 5.83. The number of benzene rings is 2. The van der Waals surface area contributed by atoms with Gasteiger partial charge in [0, 0.05) is 18.8 Å². The van der Waals surface area contributed by atoms with Crippen LogP contribution in [0.25, 0.3) is 5.69 Å². The number of amides is 2. The number of anilines is 1. The Bertz CT molecular complexity index is 1140. The number of carbonyl (C=O) groups excluding carboxylic acids is 3. The number of nitrogens with one attached hydrogen (secondary N) is 1. The minimum atomic E-state index is -0.582. The molecule has 0 unspecified atom stereocenters. The number of aryl methyl sites for hydroxylation is 1. The lowest BCUT2D eigenvalue weighted by atomic mass is 9.96. The molecule has 32 heavy (non-hydrogen) atoms. The normalized spacial score (nSPS) is 15.9. The summed E-state index contributed by atoms with van der Waals surface area (Å²) in [7, 11) is 0. The zero-order valence-electron chi connectivity index (χ0n) is 18.2. The number of rotatable bonds is 5. The number of nitrogens with zero attached hydrogens (tertiary/aromatic N) is 3. The van der Waals surface area contributed by atoms with Crippen LogP contribution >= 0.6 is 0 Å². The van der Waals surface area contributed by atoms with Gasteiger partial charge >= 0.3 is 0 Å². The maximum atomic E-state index is 13.2. The van der Waals surface area contributed by atoms with E-state index >= 15 is 0 Å². The quantitative estimate of drug-likeness (QED) is 0.496. The van der Waals surface area contributed by atoms with Gasteiger partial charge in [-0.15, -0.1) is 0 Å². The highest BCUT2D eigenvalue weighted by atomic mass is 16.2. The first-order valence-corrected chi connectivity index (χ1v) is 10.8. The standard InChI is InChI=1S/C25H26N4O3/c1-17-22(18(2)29(27-17)21-13-7-4-8-14-21)23(30)25(32)28-15-9-10-19(16-28)24(31)26-20-11-5-3-6-12-20/h3-8,11-14,19H,9-10,15-16H2,1-2H3,(H,26,31)/t19-/m0/s1. The topological polar surface area (TPSA) is 84.3 Å². The van der Waals surface area contributed by atoms with Gasteiger partial charge < -0.3 is 10.2 Å². The molecule has 7 nitrogen and oxygen atoms in total. The third-order valence-corrected chi connectivity index (χ3v) is 5.83. The molecule has 0 radical (unpaired) electrons. The summed E-state index contributed by atoms with van der Waals surface area (Å²) in [5.74, 6) is -1.65. The SMILES string of the molecule is Cc1nn(-c2ccccc2)c(C)c1C(=O)C(=O)N1CCC[C@H](C(=O)Nc2ccccc2)C1. The van der Waals surface area contributed by atoms with E-state index < -0.39 is 11.7 Å². The molecule has 3 aromatic rings. The third kappa shape index (κ3) is 4.32. The molecule has 2 aromatic carbocycles. The maximum Gasteiger partial charge on any atom is 0.295 e. The van der Waals surface area contributed by atoms with Crippen LogP contribution in [0.4, 0.5) is 5.69 Å². The van der Waals surface area contributed by atoms with Gasteiger partial charge in [-0.2, -0.15) is 5.10 Å². The van der Waals surface area contributed by atoms with Crippen molar-refractivity contribution in [1.29, 1.82) is 0 Å². The summed E-state index contributed by atoms with van der Waals surface area (Å²) in [6.45, 7) is 4.22. The average molecular weight is 431 g/mol. The van der Waals surface area contributed by atoms with Gasteiger partial charge in [-0.3, -0.25) is 14.4 Å². The smallest absolute Gasteiger partial charge is 0.295 e. The predicted octanol–water partition coefficient (Wildman–Crippen LogP) is 3.55. The molecule has 1 saturated heterocycles. The minimum absolute atomic E-state index is 0.134. The minimum Gasteiger partial charge on any atom is -0.335 e. The molecule has 0 saturated carbocycles. The molecule has 1 fully saturated rings. The van der Waals surface area contributed by atoms with E-state index in [1.165, 1.54) is 4.90 Å². The molecule has 0 aliphatic carbocycles. The van der Waals surface area contributed by atoms with Gasteiger partial charge in [-0.25, -0.2) is 4.68 Å². The Hall–Kier alpha value is -3.74. The van der Waals surface area contributed by atoms with Crippen LogP contribution in [-0.4, -0.2) is 45.4 Å². The Morgan fingerprint density at radius 3 is 2.31 bits per heavy atom. The van der Waals surface area contributed by atoms with Crippen molar-refractivity contribution in [3.8, 4) is 5.69 Å². The average Bonchev–Trinajstić information content (AvgIpc) is 3.13. The number of hydrogen-bond donors (Lipinski definition) is 1. The Morgan fingerprint density at radius 2 is 1.62 bits per heavy atom. The van der Waals surface area contributed by atoms with E-state index in [1.54, 1.807) is 18.5 Å². The van der Waals surface area contributed by atoms with E-state index in [0.717, 1.165) is 11.4 Å². The van der Waals surface area contributed by atoms with Gasteiger partial charge in [-0.05, 0) is 51.0 Å².